The van der Waals surface area contributed by atoms with Gasteiger partial charge in [0.2, 0.25) is 5.91 Å². The van der Waals surface area contributed by atoms with Crippen LogP contribution in [0.4, 0.5) is 5.00 Å². The average molecular weight is 410 g/mol. The summed E-state index contributed by atoms with van der Waals surface area (Å²) in [7, 11) is 0. The second-order valence-electron chi connectivity index (χ2n) is 8.20. The number of likely N-dealkylation sites (tertiary alicyclic amines) is 1. The summed E-state index contributed by atoms with van der Waals surface area (Å²) in [6.07, 6.45) is 2.89. The molecule has 28 heavy (non-hydrogen) atoms. The molecule has 1 fully saturated rings. The van der Waals surface area contributed by atoms with Crippen LogP contribution in [0.15, 0.2) is 5.38 Å². The largest absolute Gasteiger partial charge is 0.462 e. The number of hydrogen-bond donors (Lipinski definition) is 2. The SMILES string of the molecule is CCOC(=O)c1c(CC(C)C)csc1NC(=O)CN1CCC(NC(C)C)CC1. The van der Waals surface area contributed by atoms with Gasteiger partial charge < -0.3 is 15.4 Å². The highest BCUT2D eigenvalue weighted by atomic mass is 32.1. The molecule has 0 unspecified atom stereocenters. The van der Waals surface area contributed by atoms with Gasteiger partial charge in [0.1, 0.15) is 5.00 Å². The number of ether oxygens (including phenoxy) is 1. The van der Waals surface area contributed by atoms with Crippen LogP contribution in [0, 0.1) is 5.92 Å². The van der Waals surface area contributed by atoms with Crippen LogP contribution in [-0.4, -0.2) is 55.1 Å². The fraction of sp³-hybridized carbons (Fsp3) is 0.714. The number of nitrogens with one attached hydrogen (secondary N) is 2. The number of carbonyl (C=O) groups is 2. The minimum atomic E-state index is -0.352. The van der Waals surface area contributed by atoms with Crippen LogP contribution in [0.5, 0.6) is 0 Å². The molecular weight excluding hydrogens is 374 g/mol. The molecule has 0 spiro atoms. The van der Waals surface area contributed by atoms with E-state index >= 15 is 0 Å². The van der Waals surface area contributed by atoms with E-state index in [1.165, 1.54) is 11.3 Å². The highest BCUT2D eigenvalue weighted by Gasteiger charge is 2.24. The van der Waals surface area contributed by atoms with Crippen LogP contribution < -0.4 is 10.6 Å². The van der Waals surface area contributed by atoms with Crippen molar-refractivity contribution < 1.29 is 14.3 Å². The number of thiophene rings is 1. The Labute approximate surface area is 173 Å². The first-order valence-corrected chi connectivity index (χ1v) is 11.2. The zero-order chi connectivity index (χ0) is 20.7. The highest BCUT2D eigenvalue weighted by Crippen LogP contribution is 2.31. The van der Waals surface area contributed by atoms with Crippen molar-refractivity contribution in [3.63, 3.8) is 0 Å². The molecule has 7 heteroatoms. The van der Waals surface area contributed by atoms with E-state index in [4.69, 9.17) is 4.74 Å². The van der Waals surface area contributed by atoms with Crippen molar-refractivity contribution in [2.75, 3.05) is 31.6 Å². The molecule has 0 bridgehead atoms. The average Bonchev–Trinajstić information content (AvgIpc) is 2.97. The van der Waals surface area contributed by atoms with Crippen LogP contribution in [0.1, 0.15) is 63.4 Å². The summed E-state index contributed by atoms with van der Waals surface area (Å²) in [4.78, 5) is 27.2. The van der Waals surface area contributed by atoms with Crippen LogP contribution in [0.2, 0.25) is 0 Å². The number of amides is 1. The number of esters is 1. The molecule has 1 saturated heterocycles. The van der Waals surface area contributed by atoms with Crippen LogP contribution in [0.25, 0.3) is 0 Å². The number of hydrogen-bond acceptors (Lipinski definition) is 6. The van der Waals surface area contributed by atoms with Crippen LogP contribution in [0.3, 0.4) is 0 Å². The Morgan fingerprint density at radius 3 is 2.50 bits per heavy atom. The zero-order valence-electron chi connectivity index (χ0n) is 17.8. The monoisotopic (exact) mass is 409 g/mol. The summed E-state index contributed by atoms with van der Waals surface area (Å²) in [6, 6.07) is 1.02. The van der Waals surface area contributed by atoms with Gasteiger partial charge in [-0.15, -0.1) is 11.3 Å². The van der Waals surface area contributed by atoms with E-state index in [2.05, 4.69) is 43.2 Å². The van der Waals surface area contributed by atoms with Gasteiger partial charge in [0.25, 0.3) is 0 Å². The third-order valence-electron chi connectivity index (χ3n) is 4.75. The Kier molecular flexibility index (Phi) is 8.92. The molecule has 158 valence electrons. The van der Waals surface area contributed by atoms with Gasteiger partial charge >= 0.3 is 5.97 Å². The van der Waals surface area contributed by atoms with Crippen LogP contribution >= 0.6 is 11.3 Å². The number of anilines is 1. The van der Waals surface area contributed by atoms with Gasteiger partial charge in [0, 0.05) is 25.2 Å². The quantitative estimate of drug-likeness (QED) is 0.611. The molecule has 6 nitrogen and oxygen atoms in total. The third kappa shape index (κ3) is 6.87. The lowest BCUT2D eigenvalue weighted by atomic mass is 10.0. The molecule has 2 rings (SSSR count). The van der Waals surface area contributed by atoms with Crippen molar-refractivity contribution in [2.24, 2.45) is 5.92 Å². The Hall–Kier alpha value is -1.44. The van der Waals surface area contributed by atoms with Gasteiger partial charge in [-0.1, -0.05) is 27.7 Å². The molecule has 0 radical (unpaired) electrons. The Balaban J connectivity index is 1.96. The standard InChI is InChI=1S/C21H35N3O3S/c1-6-27-21(26)19-16(11-14(2)3)13-28-20(19)23-18(25)12-24-9-7-17(8-10-24)22-15(4)5/h13-15,17,22H,6-12H2,1-5H3,(H,23,25). The van der Waals surface area contributed by atoms with Crippen molar-refractivity contribution in [2.45, 2.75) is 66.0 Å². The van der Waals surface area contributed by atoms with E-state index in [-0.39, 0.29) is 11.9 Å². The maximum Gasteiger partial charge on any atom is 0.341 e. The van der Waals surface area contributed by atoms with E-state index in [0.29, 0.717) is 41.7 Å². The minimum absolute atomic E-state index is 0.0706. The predicted octanol–water partition coefficient (Wildman–Crippen LogP) is 3.52. The summed E-state index contributed by atoms with van der Waals surface area (Å²) in [6.45, 7) is 12.8. The van der Waals surface area contributed by atoms with Crippen molar-refractivity contribution in [3.05, 3.63) is 16.5 Å². The lowest BCUT2D eigenvalue weighted by molar-refractivity contribution is -0.117. The second kappa shape index (κ2) is 10.9. The molecule has 1 aliphatic rings. The lowest BCUT2D eigenvalue weighted by Gasteiger charge is -2.32. The number of nitrogens with zero attached hydrogens (tertiary/aromatic N) is 1. The molecule has 2 N–H and O–H groups in total. The molecule has 1 aromatic heterocycles. The van der Waals surface area contributed by atoms with E-state index in [0.717, 1.165) is 37.9 Å². The molecule has 1 aliphatic heterocycles. The summed E-state index contributed by atoms with van der Waals surface area (Å²) in [5.41, 5.74) is 1.48. The van der Waals surface area contributed by atoms with E-state index in [9.17, 15) is 9.59 Å². The van der Waals surface area contributed by atoms with E-state index in [1.54, 1.807) is 6.92 Å². The molecule has 1 aromatic rings. The molecule has 0 aromatic carbocycles. The fourth-order valence-corrected chi connectivity index (χ4v) is 4.58. The predicted molar refractivity (Wildman–Crippen MR) is 115 cm³/mol. The highest BCUT2D eigenvalue weighted by molar-refractivity contribution is 7.15. The normalized spacial score (nSPS) is 16.0. The minimum Gasteiger partial charge on any atom is -0.462 e. The third-order valence-corrected chi connectivity index (χ3v) is 5.70. The van der Waals surface area contributed by atoms with Gasteiger partial charge in [-0.05, 0) is 43.0 Å². The van der Waals surface area contributed by atoms with Crippen molar-refractivity contribution >= 4 is 28.2 Å². The van der Waals surface area contributed by atoms with Crippen molar-refractivity contribution in [3.8, 4) is 0 Å². The first-order valence-electron chi connectivity index (χ1n) is 10.4. The maximum atomic E-state index is 12.6. The van der Waals surface area contributed by atoms with Crippen molar-refractivity contribution in [1.82, 2.24) is 10.2 Å². The summed E-state index contributed by atoms with van der Waals surface area (Å²) < 4.78 is 5.22. The first-order chi connectivity index (χ1) is 13.3. The Morgan fingerprint density at radius 2 is 1.93 bits per heavy atom. The number of piperidine rings is 1. The second-order valence-corrected chi connectivity index (χ2v) is 9.08. The maximum absolute atomic E-state index is 12.6. The summed E-state index contributed by atoms with van der Waals surface area (Å²) >= 11 is 1.41. The molecule has 2 heterocycles. The Bertz CT molecular complexity index is 649. The summed E-state index contributed by atoms with van der Waals surface area (Å²) in [5, 5.41) is 9.09. The number of rotatable bonds is 9. The van der Waals surface area contributed by atoms with Crippen LogP contribution in [-0.2, 0) is 16.0 Å². The first kappa shape index (κ1) is 22.8. The fourth-order valence-electron chi connectivity index (χ4n) is 3.60. The molecule has 0 saturated carbocycles. The van der Waals surface area contributed by atoms with Gasteiger partial charge in [-0.3, -0.25) is 9.69 Å². The van der Waals surface area contributed by atoms with Crippen molar-refractivity contribution in [1.29, 1.82) is 0 Å². The summed E-state index contributed by atoms with van der Waals surface area (Å²) in [5.74, 6) is 0.00103. The van der Waals surface area contributed by atoms with Gasteiger partial charge in [-0.2, -0.15) is 0 Å². The van der Waals surface area contributed by atoms with Gasteiger partial charge in [-0.25, -0.2) is 4.79 Å². The smallest absolute Gasteiger partial charge is 0.341 e. The molecular formula is C21H35N3O3S. The Morgan fingerprint density at radius 1 is 1.25 bits per heavy atom. The van der Waals surface area contributed by atoms with Gasteiger partial charge in [0.05, 0.1) is 18.7 Å². The zero-order valence-corrected chi connectivity index (χ0v) is 18.7. The number of carbonyl (C=O) groups excluding carboxylic acids is 2. The van der Waals surface area contributed by atoms with Gasteiger partial charge in [0.15, 0.2) is 0 Å². The molecule has 1 amide bonds. The van der Waals surface area contributed by atoms with E-state index in [1.807, 2.05) is 5.38 Å². The molecule has 0 atom stereocenters. The topological polar surface area (TPSA) is 70.7 Å². The lowest BCUT2D eigenvalue weighted by Crippen LogP contribution is -2.46. The van der Waals surface area contributed by atoms with E-state index < -0.39 is 0 Å². The molecule has 0 aliphatic carbocycles.